The van der Waals surface area contributed by atoms with Crippen LogP contribution in [0.3, 0.4) is 0 Å². The number of nitrogens with one attached hydrogen (secondary N) is 1. The maximum atomic E-state index is 13.6. The number of amides is 1. The summed E-state index contributed by atoms with van der Waals surface area (Å²) in [6, 6.07) is 13.9. The molecule has 4 aromatic rings. The van der Waals surface area contributed by atoms with Gasteiger partial charge in [0.25, 0.3) is 5.91 Å². The Hall–Kier alpha value is -3.38. The first-order valence-electron chi connectivity index (χ1n) is 12.3. The fourth-order valence-electron chi connectivity index (χ4n) is 5.17. The molecule has 2 aliphatic rings. The van der Waals surface area contributed by atoms with Crippen molar-refractivity contribution in [1.82, 2.24) is 5.32 Å². The number of benzene rings is 3. The van der Waals surface area contributed by atoms with Gasteiger partial charge in [0.15, 0.2) is 6.23 Å². The molecule has 6 rings (SSSR count). The van der Waals surface area contributed by atoms with Crippen LogP contribution in [0.4, 0.5) is 10.1 Å². The summed E-state index contributed by atoms with van der Waals surface area (Å²) in [7, 11) is -3.88. The standard InChI is InChI=1S/C27H23BClFN2O6S/c1-31-26(33)23-19-12-18(14-6-7-14)21(13-22(19)37-25(23)15-8-10-16(30)11-9-15)32(39(2,35)36)27-17-4-3-5-20(29)24(17)28(34)38-27/h3-5,8-14,27,34H,6-7H2,1-2H3,(H,31,33). The van der Waals surface area contributed by atoms with E-state index >= 15 is 0 Å². The Labute approximate surface area is 229 Å². The number of carbonyl (C=O) groups is 1. The Morgan fingerprint density at radius 3 is 2.51 bits per heavy atom. The van der Waals surface area contributed by atoms with Crippen LogP contribution in [0.2, 0.25) is 5.02 Å². The number of hydrogen-bond acceptors (Lipinski definition) is 6. The fraction of sp³-hybridized carbons (Fsp3) is 0.222. The van der Waals surface area contributed by atoms with Crippen molar-refractivity contribution in [2.75, 3.05) is 17.6 Å². The minimum Gasteiger partial charge on any atom is -0.455 e. The highest BCUT2D eigenvalue weighted by molar-refractivity contribution is 7.92. The van der Waals surface area contributed by atoms with Crippen molar-refractivity contribution in [1.29, 1.82) is 0 Å². The molecule has 8 nitrogen and oxygen atoms in total. The van der Waals surface area contributed by atoms with Crippen molar-refractivity contribution < 1.29 is 31.7 Å². The molecule has 0 saturated heterocycles. The lowest BCUT2D eigenvalue weighted by molar-refractivity contribution is 0.0964. The topological polar surface area (TPSA) is 109 Å². The van der Waals surface area contributed by atoms with Gasteiger partial charge in [-0.25, -0.2) is 17.1 Å². The Balaban J connectivity index is 1.60. The van der Waals surface area contributed by atoms with E-state index in [-0.39, 0.29) is 27.8 Å². The van der Waals surface area contributed by atoms with Gasteiger partial charge in [0.2, 0.25) is 10.0 Å². The van der Waals surface area contributed by atoms with Crippen LogP contribution in [0, 0.1) is 5.82 Å². The van der Waals surface area contributed by atoms with Crippen LogP contribution >= 0.6 is 11.6 Å². The zero-order chi connectivity index (χ0) is 27.6. The van der Waals surface area contributed by atoms with Crippen LogP contribution in [-0.2, 0) is 14.7 Å². The highest BCUT2D eigenvalue weighted by atomic mass is 35.5. The molecule has 3 aromatic carbocycles. The van der Waals surface area contributed by atoms with E-state index in [4.69, 9.17) is 20.7 Å². The first-order chi connectivity index (χ1) is 18.6. The van der Waals surface area contributed by atoms with Gasteiger partial charge in [0, 0.05) is 40.1 Å². The van der Waals surface area contributed by atoms with Crippen molar-refractivity contribution in [2.45, 2.75) is 25.0 Å². The first kappa shape index (κ1) is 25.9. The predicted octanol–water partition coefficient (Wildman–Crippen LogP) is 4.31. The monoisotopic (exact) mass is 568 g/mol. The lowest BCUT2D eigenvalue weighted by Crippen LogP contribution is -2.35. The summed E-state index contributed by atoms with van der Waals surface area (Å²) in [5, 5.41) is 14.0. The van der Waals surface area contributed by atoms with Crippen molar-refractivity contribution in [3.8, 4) is 11.3 Å². The summed E-state index contributed by atoms with van der Waals surface area (Å²) >= 11 is 6.31. The van der Waals surface area contributed by atoms with Gasteiger partial charge in [-0.1, -0.05) is 23.7 Å². The SMILES string of the molecule is CNC(=O)c1c(-c2ccc(F)cc2)oc2cc(N(C3OB(O)c4c(Cl)cccc43)S(C)(=O)=O)c(C3CC3)cc12. The van der Waals surface area contributed by atoms with Crippen molar-refractivity contribution in [3.63, 3.8) is 0 Å². The Bertz CT molecular complexity index is 1740. The van der Waals surface area contributed by atoms with Gasteiger partial charge in [0.1, 0.15) is 17.2 Å². The summed E-state index contributed by atoms with van der Waals surface area (Å²) in [4.78, 5) is 13.0. The minimum absolute atomic E-state index is 0.0560. The van der Waals surface area contributed by atoms with E-state index in [2.05, 4.69) is 5.32 Å². The molecule has 200 valence electrons. The number of furan rings is 1. The van der Waals surface area contributed by atoms with Gasteiger partial charge in [-0.15, -0.1) is 0 Å². The third-order valence-corrected chi connectivity index (χ3v) is 8.51. The number of nitrogens with zero attached hydrogens (tertiary/aromatic N) is 1. The highest BCUT2D eigenvalue weighted by Gasteiger charge is 2.44. The van der Waals surface area contributed by atoms with Crippen LogP contribution in [0.25, 0.3) is 22.3 Å². The predicted molar refractivity (Wildman–Crippen MR) is 147 cm³/mol. The summed E-state index contributed by atoms with van der Waals surface area (Å²) in [5.41, 5.74) is 2.80. The van der Waals surface area contributed by atoms with Gasteiger partial charge in [-0.2, -0.15) is 0 Å². The number of sulfonamides is 1. The summed E-state index contributed by atoms with van der Waals surface area (Å²) in [6.45, 7) is 0. The maximum absolute atomic E-state index is 13.6. The fourth-order valence-corrected chi connectivity index (χ4v) is 6.47. The Morgan fingerprint density at radius 2 is 1.87 bits per heavy atom. The number of halogens is 2. The number of fused-ring (bicyclic) bond motifs is 2. The minimum atomic E-state index is -3.97. The number of anilines is 1. The number of hydrogen-bond donors (Lipinski definition) is 2. The third kappa shape index (κ3) is 4.39. The molecule has 1 aliphatic heterocycles. The molecule has 1 fully saturated rings. The van der Waals surface area contributed by atoms with Gasteiger partial charge < -0.3 is 19.4 Å². The van der Waals surface area contributed by atoms with Crippen molar-refractivity contribution in [2.24, 2.45) is 0 Å². The van der Waals surface area contributed by atoms with E-state index < -0.39 is 35.1 Å². The molecule has 1 amide bonds. The Morgan fingerprint density at radius 1 is 1.15 bits per heavy atom. The van der Waals surface area contributed by atoms with E-state index in [1.807, 2.05) is 0 Å². The summed E-state index contributed by atoms with van der Waals surface area (Å²) < 4.78 is 53.4. The zero-order valence-electron chi connectivity index (χ0n) is 20.9. The lowest BCUT2D eigenvalue weighted by Gasteiger charge is -2.31. The number of carbonyl (C=O) groups excluding carboxylic acids is 1. The van der Waals surface area contributed by atoms with Crippen molar-refractivity contribution in [3.05, 3.63) is 82.1 Å². The van der Waals surface area contributed by atoms with E-state index in [0.717, 1.165) is 23.4 Å². The van der Waals surface area contributed by atoms with Gasteiger partial charge in [0.05, 0.1) is 17.5 Å². The van der Waals surface area contributed by atoms with Crippen LogP contribution in [0.5, 0.6) is 0 Å². The second kappa shape index (κ2) is 9.37. The lowest BCUT2D eigenvalue weighted by atomic mass is 9.79. The molecule has 1 saturated carbocycles. The molecule has 1 unspecified atom stereocenters. The number of rotatable bonds is 6. The molecule has 0 bridgehead atoms. The van der Waals surface area contributed by atoms with Gasteiger partial charge >= 0.3 is 7.12 Å². The molecule has 0 radical (unpaired) electrons. The normalized spacial score (nSPS) is 16.9. The summed E-state index contributed by atoms with van der Waals surface area (Å²) in [6.07, 6.45) is 1.56. The van der Waals surface area contributed by atoms with Crippen LogP contribution in [-0.4, -0.2) is 39.8 Å². The zero-order valence-corrected chi connectivity index (χ0v) is 22.5. The van der Waals surface area contributed by atoms with Gasteiger partial charge in [-0.05, 0) is 60.7 Å². The largest absolute Gasteiger partial charge is 0.494 e. The molecule has 1 aliphatic carbocycles. The van der Waals surface area contributed by atoms with E-state index in [0.29, 0.717) is 33.2 Å². The molecular formula is C27H23BClFN2O6S. The van der Waals surface area contributed by atoms with Crippen LogP contribution < -0.4 is 15.1 Å². The van der Waals surface area contributed by atoms with Crippen LogP contribution in [0.15, 0.2) is 59.0 Å². The molecule has 12 heteroatoms. The molecule has 39 heavy (non-hydrogen) atoms. The van der Waals surface area contributed by atoms with Gasteiger partial charge in [-0.3, -0.25) is 4.79 Å². The smallest absolute Gasteiger partial charge is 0.455 e. The average molecular weight is 569 g/mol. The van der Waals surface area contributed by atoms with Crippen molar-refractivity contribution >= 4 is 56.8 Å². The Kier molecular flexibility index (Phi) is 6.22. The second-order valence-electron chi connectivity index (χ2n) is 9.72. The molecular weight excluding hydrogens is 546 g/mol. The molecule has 1 atom stereocenters. The van der Waals surface area contributed by atoms with E-state index in [9.17, 15) is 22.6 Å². The second-order valence-corrected chi connectivity index (χ2v) is 12.0. The molecule has 1 aromatic heterocycles. The maximum Gasteiger partial charge on any atom is 0.494 e. The quantitative estimate of drug-likeness (QED) is 0.336. The molecule has 2 N–H and O–H groups in total. The van der Waals surface area contributed by atoms with E-state index in [1.54, 1.807) is 30.3 Å². The molecule has 2 heterocycles. The average Bonchev–Trinajstić information content (AvgIpc) is 3.59. The van der Waals surface area contributed by atoms with E-state index in [1.165, 1.54) is 31.3 Å². The first-order valence-corrected chi connectivity index (χ1v) is 14.5. The van der Waals surface area contributed by atoms with Crippen LogP contribution in [0.1, 0.15) is 46.5 Å². The summed E-state index contributed by atoms with van der Waals surface area (Å²) in [5.74, 6) is -0.537. The highest BCUT2D eigenvalue weighted by Crippen LogP contribution is 2.50. The third-order valence-electron chi connectivity index (χ3n) is 7.08. The molecule has 0 spiro atoms.